The molecule has 0 bridgehead atoms. The normalized spacial score (nSPS) is 11.4. The van der Waals surface area contributed by atoms with Gasteiger partial charge in [0.05, 0.1) is 18.5 Å². The Labute approximate surface area is 198 Å². The molecule has 0 aliphatic heterocycles. The maximum atomic E-state index is 13.4. The first-order valence-corrected chi connectivity index (χ1v) is 11.9. The molecule has 174 valence electrons. The number of ether oxygens (including phenoxy) is 1. The van der Waals surface area contributed by atoms with Crippen molar-refractivity contribution in [1.82, 2.24) is 14.1 Å². The van der Waals surface area contributed by atoms with Crippen LogP contribution in [0.3, 0.4) is 0 Å². The van der Waals surface area contributed by atoms with Gasteiger partial charge >= 0.3 is 0 Å². The maximum absolute atomic E-state index is 13.4. The summed E-state index contributed by atoms with van der Waals surface area (Å²) in [7, 11) is -1.05. The molecule has 3 aromatic carbocycles. The average molecular weight is 477 g/mol. The van der Waals surface area contributed by atoms with E-state index in [0.717, 1.165) is 5.56 Å². The number of rotatable bonds is 8. The predicted octanol–water partition coefficient (Wildman–Crippen LogP) is 3.95. The number of carbonyl (C=O) groups excluding carboxylic acids is 1. The second kappa shape index (κ2) is 9.90. The summed E-state index contributed by atoms with van der Waals surface area (Å²) in [5.41, 5.74) is 2.25. The van der Waals surface area contributed by atoms with Crippen LogP contribution in [0.5, 0.6) is 5.75 Å². The highest BCUT2D eigenvalue weighted by Gasteiger charge is 2.26. The van der Waals surface area contributed by atoms with Crippen molar-refractivity contribution >= 4 is 21.6 Å². The van der Waals surface area contributed by atoms with Crippen molar-refractivity contribution in [2.45, 2.75) is 11.4 Å². The van der Waals surface area contributed by atoms with Crippen LogP contribution >= 0.6 is 0 Å². The van der Waals surface area contributed by atoms with E-state index in [1.165, 1.54) is 36.7 Å². The van der Waals surface area contributed by atoms with Gasteiger partial charge in [0.1, 0.15) is 10.6 Å². The Morgan fingerprint density at radius 1 is 1.03 bits per heavy atom. The lowest BCUT2D eigenvalue weighted by molar-refractivity contribution is 0.102. The van der Waals surface area contributed by atoms with Crippen LogP contribution in [0, 0.1) is 0 Å². The summed E-state index contributed by atoms with van der Waals surface area (Å²) in [5, 5.41) is 7.07. The Bertz CT molecular complexity index is 1390. The molecule has 0 fully saturated rings. The second-order valence-corrected chi connectivity index (χ2v) is 9.55. The molecule has 1 amide bonds. The smallest absolute Gasteiger partial charge is 0.255 e. The van der Waals surface area contributed by atoms with Crippen LogP contribution in [-0.2, 0) is 16.6 Å². The summed E-state index contributed by atoms with van der Waals surface area (Å²) in [6.07, 6.45) is 3.41. The third-order valence-corrected chi connectivity index (χ3v) is 7.09. The summed E-state index contributed by atoms with van der Waals surface area (Å²) in [4.78, 5) is 13.0. The highest BCUT2D eigenvalue weighted by atomic mass is 32.2. The first kappa shape index (κ1) is 23.2. The summed E-state index contributed by atoms with van der Waals surface area (Å²) in [6, 6.07) is 22.6. The number of aromatic nitrogens is 2. The van der Waals surface area contributed by atoms with Crippen LogP contribution in [0.25, 0.3) is 5.69 Å². The van der Waals surface area contributed by atoms with E-state index in [9.17, 15) is 13.2 Å². The van der Waals surface area contributed by atoms with E-state index in [-0.39, 0.29) is 22.8 Å². The first-order valence-electron chi connectivity index (χ1n) is 10.5. The van der Waals surface area contributed by atoms with E-state index >= 15 is 0 Å². The Balaban J connectivity index is 1.63. The number of anilines is 1. The zero-order valence-corrected chi connectivity index (χ0v) is 19.6. The summed E-state index contributed by atoms with van der Waals surface area (Å²) in [5.74, 6) is -0.294. The Morgan fingerprint density at radius 2 is 1.76 bits per heavy atom. The molecule has 4 aromatic rings. The molecule has 0 spiro atoms. The van der Waals surface area contributed by atoms with E-state index in [2.05, 4.69) is 10.4 Å². The average Bonchev–Trinajstić information content (AvgIpc) is 3.39. The number of methoxy groups -OCH3 is 1. The minimum Gasteiger partial charge on any atom is -0.495 e. The van der Waals surface area contributed by atoms with Crippen LogP contribution in [0.4, 0.5) is 5.69 Å². The lowest BCUT2D eigenvalue weighted by atomic mass is 10.2. The Kier molecular flexibility index (Phi) is 6.76. The molecule has 0 aliphatic carbocycles. The SMILES string of the molecule is COc1ccc(C(=O)Nc2ccccc2-n2cccn2)cc1S(=O)(=O)N(C)Cc1ccccc1. The molecule has 0 radical (unpaired) electrons. The van der Waals surface area contributed by atoms with Crippen LogP contribution in [-0.4, -0.2) is 42.6 Å². The second-order valence-electron chi connectivity index (χ2n) is 7.53. The van der Waals surface area contributed by atoms with Crippen molar-refractivity contribution in [2.75, 3.05) is 19.5 Å². The molecule has 34 heavy (non-hydrogen) atoms. The largest absolute Gasteiger partial charge is 0.495 e. The Hall–Kier alpha value is -3.95. The van der Waals surface area contributed by atoms with Gasteiger partial charge in [0.25, 0.3) is 5.91 Å². The number of amides is 1. The molecule has 9 heteroatoms. The van der Waals surface area contributed by atoms with Gasteiger partial charge in [0.15, 0.2) is 0 Å². The molecule has 0 saturated carbocycles. The number of para-hydroxylation sites is 2. The number of carbonyl (C=O) groups is 1. The topological polar surface area (TPSA) is 93.5 Å². The van der Waals surface area contributed by atoms with Gasteiger partial charge in [-0.1, -0.05) is 42.5 Å². The monoisotopic (exact) mass is 476 g/mol. The molecule has 1 aromatic heterocycles. The summed E-state index contributed by atoms with van der Waals surface area (Å²) < 4.78 is 34.9. The molecule has 0 unspecified atom stereocenters. The number of nitrogens with one attached hydrogen (secondary N) is 1. The van der Waals surface area contributed by atoms with Crippen molar-refractivity contribution in [1.29, 1.82) is 0 Å². The minimum absolute atomic E-state index is 0.0820. The lowest BCUT2D eigenvalue weighted by Gasteiger charge is -2.19. The molecular formula is C25H24N4O4S. The fraction of sp³-hybridized carbons (Fsp3) is 0.120. The van der Waals surface area contributed by atoms with E-state index in [4.69, 9.17) is 4.74 Å². The fourth-order valence-corrected chi connectivity index (χ4v) is 4.83. The zero-order chi connectivity index (χ0) is 24.1. The van der Waals surface area contributed by atoms with Gasteiger partial charge in [-0.3, -0.25) is 4.79 Å². The molecular weight excluding hydrogens is 452 g/mol. The highest BCUT2D eigenvalue weighted by molar-refractivity contribution is 7.89. The van der Waals surface area contributed by atoms with Crippen LogP contribution in [0.2, 0.25) is 0 Å². The molecule has 0 aliphatic rings. The van der Waals surface area contributed by atoms with Crippen molar-refractivity contribution in [3.05, 3.63) is 102 Å². The quantitative estimate of drug-likeness (QED) is 0.416. The van der Waals surface area contributed by atoms with Gasteiger partial charge < -0.3 is 10.1 Å². The molecule has 1 heterocycles. The number of nitrogens with zero attached hydrogens (tertiary/aromatic N) is 3. The molecule has 4 rings (SSSR count). The maximum Gasteiger partial charge on any atom is 0.255 e. The first-order chi connectivity index (χ1) is 16.4. The molecule has 0 atom stereocenters. The molecule has 1 N–H and O–H groups in total. The van der Waals surface area contributed by atoms with Gasteiger partial charge in [0.2, 0.25) is 10.0 Å². The number of hydrogen-bond donors (Lipinski definition) is 1. The molecule has 8 nitrogen and oxygen atoms in total. The van der Waals surface area contributed by atoms with Gasteiger partial charge in [-0.2, -0.15) is 9.40 Å². The van der Waals surface area contributed by atoms with Crippen molar-refractivity contribution in [3.63, 3.8) is 0 Å². The third kappa shape index (κ3) is 4.85. The van der Waals surface area contributed by atoms with Gasteiger partial charge in [-0.05, 0) is 42.0 Å². The van der Waals surface area contributed by atoms with Crippen molar-refractivity contribution in [2.24, 2.45) is 0 Å². The van der Waals surface area contributed by atoms with E-state index in [0.29, 0.717) is 11.4 Å². The number of hydrogen-bond acceptors (Lipinski definition) is 5. The summed E-state index contributed by atoms with van der Waals surface area (Å²) >= 11 is 0. The molecule has 0 saturated heterocycles. The Morgan fingerprint density at radius 3 is 2.47 bits per heavy atom. The predicted molar refractivity (Wildman–Crippen MR) is 130 cm³/mol. The van der Waals surface area contributed by atoms with E-state index in [1.807, 2.05) is 42.5 Å². The third-order valence-electron chi connectivity index (χ3n) is 5.27. The van der Waals surface area contributed by atoms with Crippen molar-refractivity contribution < 1.29 is 17.9 Å². The van der Waals surface area contributed by atoms with E-state index in [1.54, 1.807) is 35.3 Å². The van der Waals surface area contributed by atoms with Gasteiger partial charge in [-0.15, -0.1) is 0 Å². The number of benzene rings is 3. The van der Waals surface area contributed by atoms with Gasteiger partial charge in [-0.25, -0.2) is 13.1 Å². The van der Waals surface area contributed by atoms with Crippen molar-refractivity contribution in [3.8, 4) is 11.4 Å². The standard InChI is InChI=1S/C25H24N4O4S/c1-28(18-19-9-4-3-5-10-19)34(31,32)24-17-20(13-14-23(24)33-2)25(30)27-21-11-6-7-12-22(21)29-16-8-15-26-29/h3-17H,18H2,1-2H3,(H,27,30). The van der Waals surface area contributed by atoms with Crippen LogP contribution < -0.4 is 10.1 Å². The number of sulfonamides is 1. The minimum atomic E-state index is -3.94. The van der Waals surface area contributed by atoms with Crippen LogP contribution in [0.15, 0.2) is 96.2 Å². The summed E-state index contributed by atoms with van der Waals surface area (Å²) in [6.45, 7) is 0.181. The van der Waals surface area contributed by atoms with Crippen LogP contribution in [0.1, 0.15) is 15.9 Å². The van der Waals surface area contributed by atoms with Gasteiger partial charge in [0, 0.05) is 31.5 Å². The fourth-order valence-electron chi connectivity index (χ4n) is 3.50. The van der Waals surface area contributed by atoms with E-state index < -0.39 is 15.9 Å². The zero-order valence-electron chi connectivity index (χ0n) is 18.8. The highest BCUT2D eigenvalue weighted by Crippen LogP contribution is 2.29. The lowest BCUT2D eigenvalue weighted by Crippen LogP contribution is -2.27.